The Morgan fingerprint density at radius 1 is 1.10 bits per heavy atom. The summed E-state index contributed by atoms with van der Waals surface area (Å²) in [5, 5.41) is 0. The molecular weight excluding hydrogens is 370 g/mol. The molecule has 0 radical (unpaired) electrons. The first kappa shape index (κ1) is 18.3. The van der Waals surface area contributed by atoms with E-state index in [9.17, 15) is 4.79 Å². The van der Waals surface area contributed by atoms with Crippen LogP contribution in [0.25, 0.3) is 6.08 Å². The SMILES string of the molecule is O=C1C(=Cc2cccnc2)Oc2c1ccc1c2CN(CCN2CCOCC2)CO1. The van der Waals surface area contributed by atoms with Crippen LogP contribution in [0.3, 0.4) is 0 Å². The summed E-state index contributed by atoms with van der Waals surface area (Å²) >= 11 is 0. The van der Waals surface area contributed by atoms with E-state index in [0.29, 0.717) is 30.3 Å². The first-order chi connectivity index (χ1) is 14.3. The molecule has 3 aliphatic rings. The summed E-state index contributed by atoms with van der Waals surface area (Å²) in [4.78, 5) is 21.6. The molecule has 1 fully saturated rings. The fraction of sp³-hybridized carbons (Fsp3) is 0.364. The van der Waals surface area contributed by atoms with Gasteiger partial charge >= 0.3 is 0 Å². The largest absolute Gasteiger partial charge is 0.478 e. The van der Waals surface area contributed by atoms with Gasteiger partial charge in [-0.2, -0.15) is 0 Å². The number of hydrogen-bond donors (Lipinski definition) is 0. The van der Waals surface area contributed by atoms with Gasteiger partial charge in [0.1, 0.15) is 18.2 Å². The van der Waals surface area contributed by atoms with E-state index in [1.807, 2.05) is 18.2 Å². The summed E-state index contributed by atoms with van der Waals surface area (Å²) in [6.45, 7) is 6.67. The Morgan fingerprint density at radius 3 is 2.79 bits per heavy atom. The van der Waals surface area contributed by atoms with E-state index in [0.717, 1.165) is 56.3 Å². The van der Waals surface area contributed by atoms with Crippen molar-refractivity contribution in [1.82, 2.24) is 14.8 Å². The molecule has 150 valence electrons. The minimum absolute atomic E-state index is 0.0999. The molecule has 0 saturated carbocycles. The second-order valence-corrected chi connectivity index (χ2v) is 7.43. The van der Waals surface area contributed by atoms with E-state index in [-0.39, 0.29) is 5.78 Å². The zero-order chi connectivity index (χ0) is 19.6. The highest BCUT2D eigenvalue weighted by Gasteiger charge is 2.33. The van der Waals surface area contributed by atoms with Gasteiger partial charge in [0.2, 0.25) is 5.78 Å². The van der Waals surface area contributed by atoms with E-state index in [4.69, 9.17) is 14.2 Å². The number of carbonyl (C=O) groups is 1. The number of Topliss-reactive ketones (excluding diaryl/α,β-unsaturated/α-hetero) is 1. The molecule has 0 spiro atoms. The van der Waals surface area contributed by atoms with Crippen LogP contribution >= 0.6 is 0 Å². The van der Waals surface area contributed by atoms with Crippen LogP contribution in [0.2, 0.25) is 0 Å². The van der Waals surface area contributed by atoms with Gasteiger partial charge < -0.3 is 14.2 Å². The van der Waals surface area contributed by atoms with Gasteiger partial charge in [0.15, 0.2) is 5.76 Å². The van der Waals surface area contributed by atoms with E-state index in [1.165, 1.54) is 0 Å². The predicted octanol–water partition coefficient (Wildman–Crippen LogP) is 2.18. The third kappa shape index (κ3) is 3.76. The van der Waals surface area contributed by atoms with Crippen molar-refractivity contribution in [3.05, 3.63) is 59.1 Å². The van der Waals surface area contributed by atoms with Crippen molar-refractivity contribution in [2.75, 3.05) is 46.1 Å². The first-order valence-electron chi connectivity index (χ1n) is 9.93. The van der Waals surface area contributed by atoms with E-state index >= 15 is 0 Å². The van der Waals surface area contributed by atoms with Gasteiger partial charge in [0, 0.05) is 45.1 Å². The van der Waals surface area contributed by atoms with Gasteiger partial charge in [-0.3, -0.25) is 19.6 Å². The Morgan fingerprint density at radius 2 is 1.97 bits per heavy atom. The van der Waals surface area contributed by atoms with Crippen molar-refractivity contribution in [3.8, 4) is 11.5 Å². The quantitative estimate of drug-likeness (QED) is 0.738. The maximum Gasteiger partial charge on any atom is 0.231 e. The highest BCUT2D eigenvalue weighted by molar-refractivity contribution is 6.15. The Hall–Kier alpha value is -2.74. The van der Waals surface area contributed by atoms with E-state index in [1.54, 1.807) is 24.5 Å². The van der Waals surface area contributed by atoms with Gasteiger partial charge in [-0.05, 0) is 29.8 Å². The summed E-state index contributed by atoms with van der Waals surface area (Å²) < 4.78 is 17.4. The molecule has 0 atom stereocenters. The first-order valence-corrected chi connectivity index (χ1v) is 9.93. The molecule has 1 aromatic heterocycles. The van der Waals surface area contributed by atoms with Crippen molar-refractivity contribution < 1.29 is 19.0 Å². The average Bonchev–Trinajstić information content (AvgIpc) is 3.09. The van der Waals surface area contributed by atoms with Gasteiger partial charge in [0.05, 0.1) is 24.3 Å². The van der Waals surface area contributed by atoms with Crippen LogP contribution in [-0.4, -0.2) is 66.7 Å². The fourth-order valence-electron chi connectivity index (χ4n) is 3.87. The summed E-state index contributed by atoms with van der Waals surface area (Å²) in [5.74, 6) is 1.64. The monoisotopic (exact) mass is 393 g/mol. The Bertz CT molecular complexity index is 939. The molecule has 29 heavy (non-hydrogen) atoms. The predicted molar refractivity (Wildman–Crippen MR) is 107 cm³/mol. The van der Waals surface area contributed by atoms with Gasteiger partial charge in [-0.1, -0.05) is 6.07 Å². The third-order valence-corrected chi connectivity index (χ3v) is 5.50. The summed E-state index contributed by atoms with van der Waals surface area (Å²) in [5.41, 5.74) is 2.37. The highest BCUT2D eigenvalue weighted by atomic mass is 16.5. The van der Waals surface area contributed by atoms with Crippen LogP contribution in [-0.2, 0) is 11.3 Å². The van der Waals surface area contributed by atoms with E-state index < -0.39 is 0 Å². The van der Waals surface area contributed by atoms with Crippen LogP contribution in [0, 0.1) is 0 Å². The van der Waals surface area contributed by atoms with Gasteiger partial charge in [-0.25, -0.2) is 0 Å². The average molecular weight is 393 g/mol. The molecule has 0 aliphatic carbocycles. The summed E-state index contributed by atoms with van der Waals surface area (Å²) in [7, 11) is 0. The third-order valence-electron chi connectivity index (χ3n) is 5.50. The lowest BCUT2D eigenvalue weighted by atomic mass is 10.0. The zero-order valence-electron chi connectivity index (χ0n) is 16.2. The molecule has 0 amide bonds. The molecule has 5 rings (SSSR count). The van der Waals surface area contributed by atoms with Crippen LogP contribution in [0.4, 0.5) is 0 Å². The lowest BCUT2D eigenvalue weighted by molar-refractivity contribution is 0.0239. The summed E-state index contributed by atoms with van der Waals surface area (Å²) in [6.07, 6.45) is 5.15. The Kier molecular flexibility index (Phi) is 5.01. The Labute approximate surface area is 169 Å². The lowest BCUT2D eigenvalue weighted by Crippen LogP contribution is -2.43. The molecular formula is C22H23N3O4. The number of ether oxygens (including phenoxy) is 3. The van der Waals surface area contributed by atoms with Crippen molar-refractivity contribution >= 4 is 11.9 Å². The standard InChI is InChI=1S/C22H23N3O4/c26-21-17-3-4-19-18(22(17)29-20(21)12-16-2-1-5-23-13-16)14-25(15-28-19)7-6-24-8-10-27-11-9-24/h1-5,12-13H,6-11,14-15H2. The molecule has 3 aliphatic heterocycles. The molecule has 0 N–H and O–H groups in total. The Balaban J connectivity index is 1.33. The van der Waals surface area contributed by atoms with Gasteiger partial charge in [-0.15, -0.1) is 0 Å². The topological polar surface area (TPSA) is 64.1 Å². The number of rotatable bonds is 4. The smallest absolute Gasteiger partial charge is 0.231 e. The van der Waals surface area contributed by atoms with Crippen molar-refractivity contribution in [1.29, 1.82) is 0 Å². The maximum absolute atomic E-state index is 12.8. The second-order valence-electron chi connectivity index (χ2n) is 7.43. The lowest BCUT2D eigenvalue weighted by Gasteiger charge is -2.33. The molecule has 7 heteroatoms. The highest BCUT2D eigenvalue weighted by Crippen LogP contribution is 2.41. The normalized spacial score (nSPS) is 20.8. The maximum atomic E-state index is 12.8. The van der Waals surface area contributed by atoms with Crippen molar-refractivity contribution in [2.24, 2.45) is 0 Å². The van der Waals surface area contributed by atoms with Crippen molar-refractivity contribution in [2.45, 2.75) is 6.54 Å². The van der Waals surface area contributed by atoms with Crippen LogP contribution < -0.4 is 9.47 Å². The number of morpholine rings is 1. The zero-order valence-corrected chi connectivity index (χ0v) is 16.2. The molecule has 7 nitrogen and oxygen atoms in total. The molecule has 4 heterocycles. The number of ketones is 1. The number of allylic oxidation sites excluding steroid dienone is 1. The number of hydrogen-bond acceptors (Lipinski definition) is 7. The molecule has 1 aromatic carbocycles. The molecule has 1 saturated heterocycles. The molecule has 0 bridgehead atoms. The minimum atomic E-state index is -0.0999. The van der Waals surface area contributed by atoms with E-state index in [2.05, 4.69) is 14.8 Å². The van der Waals surface area contributed by atoms with Crippen LogP contribution in [0.15, 0.2) is 42.4 Å². The number of aromatic nitrogens is 1. The number of pyridine rings is 1. The van der Waals surface area contributed by atoms with Gasteiger partial charge in [0.25, 0.3) is 0 Å². The van der Waals surface area contributed by atoms with Crippen molar-refractivity contribution in [3.63, 3.8) is 0 Å². The van der Waals surface area contributed by atoms with Crippen LogP contribution in [0.5, 0.6) is 11.5 Å². The van der Waals surface area contributed by atoms with Crippen LogP contribution in [0.1, 0.15) is 21.5 Å². The molecule has 2 aromatic rings. The number of carbonyl (C=O) groups excluding carboxylic acids is 1. The number of nitrogens with zero attached hydrogens (tertiary/aromatic N) is 3. The molecule has 0 unspecified atom stereocenters. The fourth-order valence-corrected chi connectivity index (χ4v) is 3.87. The number of fused-ring (bicyclic) bond motifs is 3. The minimum Gasteiger partial charge on any atom is -0.478 e. The summed E-state index contributed by atoms with van der Waals surface area (Å²) in [6, 6.07) is 7.40. The number of benzene rings is 1. The second kappa shape index (κ2) is 7.94.